The Hall–Kier alpha value is -1.57. The summed E-state index contributed by atoms with van der Waals surface area (Å²) < 4.78 is 5.32. The van der Waals surface area contributed by atoms with E-state index in [1.165, 1.54) is 6.26 Å². The van der Waals surface area contributed by atoms with Crippen molar-refractivity contribution in [2.24, 2.45) is 0 Å². The largest absolute Gasteiger partial charge is 0.465 e. The van der Waals surface area contributed by atoms with E-state index in [0.717, 1.165) is 17.0 Å². The normalized spacial score (nSPS) is 10.9. The fourth-order valence-corrected chi connectivity index (χ4v) is 1.20. The van der Waals surface area contributed by atoms with Crippen LogP contribution in [0.4, 0.5) is 0 Å². The Labute approximate surface area is 91.3 Å². The Kier molecular flexibility index (Phi) is 3.30. The molecule has 0 radical (unpaired) electrons. The van der Waals surface area contributed by atoms with Gasteiger partial charge in [-0.15, -0.1) is 0 Å². The summed E-state index contributed by atoms with van der Waals surface area (Å²) >= 11 is 0. The van der Waals surface area contributed by atoms with Crippen molar-refractivity contribution >= 4 is 6.08 Å². The lowest BCUT2D eigenvalue weighted by Gasteiger charge is -2.18. The highest BCUT2D eigenvalue weighted by Crippen LogP contribution is 2.27. The van der Waals surface area contributed by atoms with Gasteiger partial charge >= 0.3 is 0 Å². The van der Waals surface area contributed by atoms with Crippen LogP contribution in [-0.4, -0.2) is 4.98 Å². The second kappa shape index (κ2) is 4.30. The van der Waals surface area contributed by atoms with Crippen LogP contribution in [0.3, 0.4) is 0 Å². The Morgan fingerprint density at radius 2 is 2.00 bits per heavy atom. The Balaban J connectivity index is 3.21. The van der Waals surface area contributed by atoms with Gasteiger partial charge in [0.15, 0.2) is 0 Å². The maximum atomic E-state index is 5.32. The first-order chi connectivity index (χ1) is 6.99. The minimum atomic E-state index is 0.0129. The fraction of sp³-hybridized carbons (Fsp3) is 0.308. The molecule has 1 aromatic heterocycles. The van der Waals surface area contributed by atoms with E-state index in [2.05, 4.69) is 38.9 Å². The van der Waals surface area contributed by atoms with Crippen molar-refractivity contribution in [2.75, 3.05) is 0 Å². The van der Waals surface area contributed by atoms with Crippen LogP contribution in [-0.2, 0) is 5.41 Å². The van der Waals surface area contributed by atoms with E-state index in [-0.39, 0.29) is 5.41 Å². The van der Waals surface area contributed by atoms with E-state index < -0.39 is 0 Å². The molecule has 2 heteroatoms. The molecule has 0 spiro atoms. The molecule has 0 N–H and O–H groups in total. The lowest BCUT2D eigenvalue weighted by molar-refractivity contribution is 0.475. The van der Waals surface area contributed by atoms with Crippen molar-refractivity contribution in [3.63, 3.8) is 0 Å². The van der Waals surface area contributed by atoms with E-state index in [4.69, 9.17) is 4.74 Å². The summed E-state index contributed by atoms with van der Waals surface area (Å²) in [5.41, 5.74) is 1.88. The Morgan fingerprint density at radius 3 is 2.47 bits per heavy atom. The van der Waals surface area contributed by atoms with Gasteiger partial charge in [0.25, 0.3) is 0 Å². The van der Waals surface area contributed by atoms with Crippen LogP contribution in [0, 0.1) is 0 Å². The van der Waals surface area contributed by atoms with E-state index in [9.17, 15) is 0 Å². The second-order valence-corrected chi connectivity index (χ2v) is 4.35. The average Bonchev–Trinajstić information content (AvgIpc) is 2.17. The number of pyridine rings is 1. The zero-order chi connectivity index (χ0) is 11.5. The lowest BCUT2D eigenvalue weighted by Crippen LogP contribution is -2.13. The van der Waals surface area contributed by atoms with Crippen molar-refractivity contribution in [3.05, 3.63) is 42.9 Å². The summed E-state index contributed by atoms with van der Waals surface area (Å²) in [6, 6.07) is 1.93. The van der Waals surface area contributed by atoms with Gasteiger partial charge in [-0.1, -0.05) is 40.0 Å². The lowest BCUT2D eigenvalue weighted by atomic mass is 9.91. The summed E-state index contributed by atoms with van der Waals surface area (Å²) in [4.78, 5) is 4.38. The average molecular weight is 203 g/mol. The van der Waals surface area contributed by atoms with Gasteiger partial charge in [-0.25, -0.2) is 0 Å². The number of nitrogens with zero attached hydrogens (tertiary/aromatic N) is 1. The maximum absolute atomic E-state index is 5.32. The van der Waals surface area contributed by atoms with Gasteiger partial charge in [0.05, 0.1) is 6.26 Å². The fourth-order valence-electron chi connectivity index (χ4n) is 1.20. The van der Waals surface area contributed by atoms with Gasteiger partial charge in [-0.2, -0.15) is 0 Å². The molecule has 1 rings (SSSR count). The smallest absolute Gasteiger partial charge is 0.137 e. The molecule has 80 valence electrons. The molecule has 0 bridgehead atoms. The monoisotopic (exact) mass is 203 g/mol. The highest BCUT2D eigenvalue weighted by atomic mass is 16.5. The quantitative estimate of drug-likeness (QED) is 0.701. The van der Waals surface area contributed by atoms with Gasteiger partial charge in [-0.3, -0.25) is 4.98 Å². The molecule has 0 saturated heterocycles. The third-order valence-corrected chi connectivity index (χ3v) is 2.09. The number of hydrogen-bond acceptors (Lipinski definition) is 2. The molecule has 1 heterocycles. The summed E-state index contributed by atoms with van der Waals surface area (Å²) in [6.45, 7) is 13.6. The topological polar surface area (TPSA) is 22.1 Å². The van der Waals surface area contributed by atoms with E-state index in [0.29, 0.717) is 0 Å². The molecule has 0 aliphatic heterocycles. The van der Waals surface area contributed by atoms with Gasteiger partial charge in [0.2, 0.25) is 0 Å². The third-order valence-electron chi connectivity index (χ3n) is 2.09. The molecule has 0 aromatic carbocycles. The molecule has 2 nitrogen and oxygen atoms in total. The SMILES string of the molecule is C=COc1cc(C(C)(C)C)ncc1C=C. The zero-order valence-corrected chi connectivity index (χ0v) is 9.58. The van der Waals surface area contributed by atoms with Crippen molar-refractivity contribution in [1.29, 1.82) is 0 Å². The highest BCUT2D eigenvalue weighted by Gasteiger charge is 2.16. The van der Waals surface area contributed by atoms with Crippen LogP contribution in [0.1, 0.15) is 32.0 Å². The summed E-state index contributed by atoms with van der Waals surface area (Å²) in [5.74, 6) is 0.750. The van der Waals surface area contributed by atoms with Crippen LogP contribution >= 0.6 is 0 Å². The van der Waals surface area contributed by atoms with Crippen LogP contribution in [0.15, 0.2) is 31.7 Å². The van der Waals surface area contributed by atoms with E-state index >= 15 is 0 Å². The van der Waals surface area contributed by atoms with Crippen molar-refractivity contribution in [3.8, 4) is 5.75 Å². The van der Waals surface area contributed by atoms with Crippen LogP contribution < -0.4 is 4.74 Å². The number of aromatic nitrogens is 1. The second-order valence-electron chi connectivity index (χ2n) is 4.35. The predicted molar refractivity (Wildman–Crippen MR) is 63.9 cm³/mol. The molecule has 0 amide bonds. The van der Waals surface area contributed by atoms with Gasteiger partial charge in [0, 0.05) is 28.9 Å². The number of ether oxygens (including phenoxy) is 1. The standard InChI is InChI=1S/C13H17NO/c1-6-10-9-14-12(13(3,4)5)8-11(10)15-7-2/h6-9H,1-2H2,3-5H3. The van der Waals surface area contributed by atoms with Crippen LogP contribution in [0.25, 0.3) is 6.08 Å². The van der Waals surface area contributed by atoms with Crippen molar-refractivity contribution in [2.45, 2.75) is 26.2 Å². The molecule has 0 aliphatic rings. The summed E-state index contributed by atoms with van der Waals surface area (Å²) in [7, 11) is 0. The molecule has 0 saturated carbocycles. The molecule has 0 fully saturated rings. The van der Waals surface area contributed by atoms with Crippen LogP contribution in [0.2, 0.25) is 0 Å². The molecule has 1 aromatic rings. The first kappa shape index (κ1) is 11.5. The molecule has 0 atom stereocenters. The van der Waals surface area contributed by atoms with Crippen LogP contribution in [0.5, 0.6) is 5.75 Å². The van der Waals surface area contributed by atoms with E-state index in [1.54, 1.807) is 12.3 Å². The predicted octanol–water partition coefficient (Wildman–Crippen LogP) is 3.54. The molecular formula is C13H17NO. The van der Waals surface area contributed by atoms with E-state index in [1.807, 2.05) is 6.07 Å². The number of hydrogen-bond donors (Lipinski definition) is 0. The molecular weight excluding hydrogens is 186 g/mol. The minimum absolute atomic E-state index is 0.0129. The molecule has 0 unspecified atom stereocenters. The van der Waals surface area contributed by atoms with Gasteiger partial charge in [-0.05, 0) is 0 Å². The Morgan fingerprint density at radius 1 is 1.33 bits per heavy atom. The van der Waals surface area contributed by atoms with Gasteiger partial charge < -0.3 is 4.74 Å². The minimum Gasteiger partial charge on any atom is -0.465 e. The zero-order valence-electron chi connectivity index (χ0n) is 9.58. The summed E-state index contributed by atoms with van der Waals surface area (Å²) in [6.07, 6.45) is 4.90. The first-order valence-corrected chi connectivity index (χ1v) is 4.89. The first-order valence-electron chi connectivity index (χ1n) is 4.89. The van der Waals surface area contributed by atoms with Gasteiger partial charge in [0.1, 0.15) is 5.75 Å². The molecule has 15 heavy (non-hydrogen) atoms. The number of rotatable bonds is 3. The Bertz CT molecular complexity index is 375. The van der Waals surface area contributed by atoms with Crippen molar-refractivity contribution < 1.29 is 4.74 Å². The third kappa shape index (κ3) is 2.69. The maximum Gasteiger partial charge on any atom is 0.137 e. The van der Waals surface area contributed by atoms with Crippen molar-refractivity contribution in [1.82, 2.24) is 4.98 Å². The molecule has 0 aliphatic carbocycles. The summed E-state index contributed by atoms with van der Waals surface area (Å²) in [5, 5.41) is 0. The highest BCUT2D eigenvalue weighted by molar-refractivity contribution is 5.55.